The quantitative estimate of drug-likeness (QED) is 0.578. The topological polar surface area (TPSA) is 43.6 Å². The van der Waals surface area contributed by atoms with E-state index in [0.29, 0.717) is 0 Å². The van der Waals surface area contributed by atoms with Crippen molar-refractivity contribution in [2.24, 2.45) is 0 Å². The standard InChI is InChI=1S/C18H14N4/c1-2-4-17-16(3-1)21-18(15-7-11-20-12-8-15)22(17)13-14-5-9-19-10-6-14/h1-12H,13H2. The smallest absolute Gasteiger partial charge is 0.141 e. The minimum atomic E-state index is 0.765. The van der Waals surface area contributed by atoms with Crippen LogP contribution in [0, 0.1) is 0 Å². The van der Waals surface area contributed by atoms with Crippen LogP contribution in [0.2, 0.25) is 0 Å². The van der Waals surface area contributed by atoms with Gasteiger partial charge in [0.25, 0.3) is 0 Å². The summed E-state index contributed by atoms with van der Waals surface area (Å²) in [4.78, 5) is 13.0. The van der Waals surface area contributed by atoms with Crippen molar-refractivity contribution in [3.05, 3.63) is 78.9 Å². The molecule has 4 rings (SSSR count). The summed E-state index contributed by atoms with van der Waals surface area (Å²) in [5, 5.41) is 0. The first-order valence-electron chi connectivity index (χ1n) is 7.16. The third-order valence-corrected chi connectivity index (χ3v) is 3.68. The maximum Gasteiger partial charge on any atom is 0.141 e. The van der Waals surface area contributed by atoms with Crippen molar-refractivity contribution in [2.45, 2.75) is 6.54 Å². The number of aromatic nitrogens is 4. The molecule has 3 heterocycles. The summed E-state index contributed by atoms with van der Waals surface area (Å²) in [7, 11) is 0. The van der Waals surface area contributed by atoms with E-state index in [9.17, 15) is 0 Å². The van der Waals surface area contributed by atoms with Crippen molar-refractivity contribution < 1.29 is 0 Å². The van der Waals surface area contributed by atoms with Gasteiger partial charge < -0.3 is 4.57 Å². The van der Waals surface area contributed by atoms with Crippen LogP contribution in [0.5, 0.6) is 0 Å². The van der Waals surface area contributed by atoms with Crippen LogP contribution < -0.4 is 0 Å². The molecule has 0 saturated heterocycles. The molecule has 0 fully saturated rings. The van der Waals surface area contributed by atoms with E-state index in [1.54, 1.807) is 12.4 Å². The number of benzene rings is 1. The second-order valence-corrected chi connectivity index (χ2v) is 5.10. The molecule has 0 bridgehead atoms. The fraction of sp³-hybridized carbons (Fsp3) is 0.0556. The molecular formula is C18H14N4. The number of hydrogen-bond acceptors (Lipinski definition) is 3. The van der Waals surface area contributed by atoms with Crippen LogP contribution in [-0.2, 0) is 6.54 Å². The van der Waals surface area contributed by atoms with Gasteiger partial charge in [-0.25, -0.2) is 4.98 Å². The summed E-state index contributed by atoms with van der Waals surface area (Å²) in [5.74, 6) is 0.959. The molecule has 22 heavy (non-hydrogen) atoms. The largest absolute Gasteiger partial charge is 0.319 e. The first-order valence-corrected chi connectivity index (χ1v) is 7.16. The van der Waals surface area contributed by atoms with E-state index in [1.807, 2.05) is 54.9 Å². The molecule has 3 aromatic heterocycles. The Labute approximate surface area is 128 Å². The van der Waals surface area contributed by atoms with Crippen LogP contribution >= 0.6 is 0 Å². The summed E-state index contributed by atoms with van der Waals surface area (Å²) < 4.78 is 2.24. The molecule has 4 nitrogen and oxygen atoms in total. The summed E-state index contributed by atoms with van der Waals surface area (Å²) in [6.45, 7) is 0.765. The lowest BCUT2D eigenvalue weighted by Gasteiger charge is -2.09. The van der Waals surface area contributed by atoms with E-state index in [4.69, 9.17) is 4.98 Å². The van der Waals surface area contributed by atoms with Gasteiger partial charge in [0.05, 0.1) is 11.0 Å². The Morgan fingerprint density at radius 3 is 2.23 bits per heavy atom. The first-order chi connectivity index (χ1) is 10.9. The molecule has 0 radical (unpaired) electrons. The van der Waals surface area contributed by atoms with Gasteiger partial charge in [0.15, 0.2) is 0 Å². The van der Waals surface area contributed by atoms with Gasteiger partial charge in [0.2, 0.25) is 0 Å². The molecule has 0 saturated carbocycles. The fourth-order valence-electron chi connectivity index (χ4n) is 2.63. The highest BCUT2D eigenvalue weighted by Crippen LogP contribution is 2.25. The van der Waals surface area contributed by atoms with Crippen LogP contribution in [0.4, 0.5) is 0 Å². The molecule has 1 aromatic carbocycles. The summed E-state index contributed by atoms with van der Waals surface area (Å²) in [5.41, 5.74) is 4.41. The molecule has 0 unspecified atom stereocenters. The second-order valence-electron chi connectivity index (χ2n) is 5.10. The highest BCUT2D eigenvalue weighted by molar-refractivity contribution is 5.80. The van der Waals surface area contributed by atoms with Crippen molar-refractivity contribution in [2.75, 3.05) is 0 Å². The zero-order valence-electron chi connectivity index (χ0n) is 11.9. The van der Waals surface area contributed by atoms with Crippen LogP contribution in [0.25, 0.3) is 22.4 Å². The van der Waals surface area contributed by atoms with Crippen molar-refractivity contribution in [1.29, 1.82) is 0 Å². The molecule has 0 atom stereocenters. The number of para-hydroxylation sites is 2. The molecule has 0 aliphatic carbocycles. The second kappa shape index (κ2) is 5.41. The average molecular weight is 286 g/mol. The van der Waals surface area contributed by atoms with Crippen molar-refractivity contribution in [1.82, 2.24) is 19.5 Å². The van der Waals surface area contributed by atoms with Gasteiger partial charge in [-0.2, -0.15) is 0 Å². The van der Waals surface area contributed by atoms with Gasteiger partial charge in [0, 0.05) is 36.9 Å². The average Bonchev–Trinajstić information content (AvgIpc) is 2.95. The van der Waals surface area contributed by atoms with E-state index in [2.05, 4.69) is 20.6 Å². The zero-order valence-corrected chi connectivity index (χ0v) is 11.9. The van der Waals surface area contributed by atoms with Crippen molar-refractivity contribution in [3.8, 4) is 11.4 Å². The van der Waals surface area contributed by atoms with Crippen LogP contribution in [0.15, 0.2) is 73.3 Å². The SMILES string of the molecule is c1ccc2c(c1)nc(-c1ccncc1)n2Cc1ccncc1. The molecule has 106 valence electrons. The zero-order chi connectivity index (χ0) is 14.8. The number of rotatable bonds is 3. The summed E-state index contributed by atoms with van der Waals surface area (Å²) >= 11 is 0. The van der Waals surface area contributed by atoms with Crippen molar-refractivity contribution >= 4 is 11.0 Å². The molecule has 4 aromatic rings. The maximum atomic E-state index is 4.80. The number of nitrogens with zero attached hydrogens (tertiary/aromatic N) is 4. The van der Waals surface area contributed by atoms with Gasteiger partial charge >= 0.3 is 0 Å². The number of pyridine rings is 2. The molecule has 0 aliphatic rings. The van der Waals surface area contributed by atoms with Crippen molar-refractivity contribution in [3.63, 3.8) is 0 Å². The minimum Gasteiger partial charge on any atom is -0.319 e. The highest BCUT2D eigenvalue weighted by Gasteiger charge is 2.12. The van der Waals surface area contributed by atoms with Gasteiger partial charge in [-0.15, -0.1) is 0 Å². The normalized spacial score (nSPS) is 10.9. The Morgan fingerprint density at radius 1 is 0.773 bits per heavy atom. The van der Waals surface area contributed by atoms with E-state index >= 15 is 0 Å². The summed E-state index contributed by atoms with van der Waals surface area (Å²) in [6, 6.07) is 16.3. The Balaban J connectivity index is 1.91. The maximum absolute atomic E-state index is 4.80. The van der Waals surface area contributed by atoms with E-state index in [-0.39, 0.29) is 0 Å². The lowest BCUT2D eigenvalue weighted by molar-refractivity contribution is 0.832. The third kappa shape index (κ3) is 2.24. The number of fused-ring (bicyclic) bond motifs is 1. The molecule has 0 aliphatic heterocycles. The molecule has 0 N–H and O–H groups in total. The molecule has 0 amide bonds. The lowest BCUT2D eigenvalue weighted by atomic mass is 10.2. The Bertz CT molecular complexity index is 898. The van der Waals surface area contributed by atoms with E-state index in [1.165, 1.54) is 5.56 Å². The lowest BCUT2D eigenvalue weighted by Crippen LogP contribution is -2.02. The van der Waals surface area contributed by atoms with E-state index < -0.39 is 0 Å². The molecule has 4 heteroatoms. The monoisotopic (exact) mass is 286 g/mol. The Hall–Kier alpha value is -3.01. The molecule has 0 spiro atoms. The predicted molar refractivity (Wildman–Crippen MR) is 86.3 cm³/mol. The molecular weight excluding hydrogens is 272 g/mol. The fourth-order valence-corrected chi connectivity index (χ4v) is 2.63. The highest BCUT2D eigenvalue weighted by atomic mass is 15.1. The van der Waals surface area contributed by atoms with Gasteiger partial charge in [-0.3, -0.25) is 9.97 Å². The van der Waals surface area contributed by atoms with Gasteiger partial charge in [-0.1, -0.05) is 12.1 Å². The van der Waals surface area contributed by atoms with Crippen LogP contribution in [0.3, 0.4) is 0 Å². The van der Waals surface area contributed by atoms with Gasteiger partial charge in [0.1, 0.15) is 5.82 Å². The minimum absolute atomic E-state index is 0.765. The summed E-state index contributed by atoms with van der Waals surface area (Å²) in [6.07, 6.45) is 7.23. The predicted octanol–water partition coefficient (Wildman–Crippen LogP) is 3.54. The third-order valence-electron chi connectivity index (χ3n) is 3.68. The Morgan fingerprint density at radius 2 is 1.45 bits per heavy atom. The first kappa shape index (κ1) is 12.7. The Kier molecular flexibility index (Phi) is 3.12. The van der Waals surface area contributed by atoms with Crippen LogP contribution in [-0.4, -0.2) is 19.5 Å². The van der Waals surface area contributed by atoms with E-state index in [0.717, 1.165) is 29.0 Å². The van der Waals surface area contributed by atoms with Gasteiger partial charge in [-0.05, 0) is 42.0 Å². The van der Waals surface area contributed by atoms with Crippen LogP contribution in [0.1, 0.15) is 5.56 Å². The number of hydrogen-bond donors (Lipinski definition) is 0. The number of imidazole rings is 1.